The van der Waals surface area contributed by atoms with Crippen LogP contribution in [-0.4, -0.2) is 15.0 Å². The highest BCUT2D eigenvalue weighted by Crippen LogP contribution is 2.38. The predicted octanol–water partition coefficient (Wildman–Crippen LogP) is 11.4. The monoisotopic (exact) mass is 605 g/mol. The van der Waals surface area contributed by atoms with Crippen molar-refractivity contribution in [2.45, 2.75) is 0 Å². The second-order valence-corrected chi connectivity index (χ2v) is 12.8. The summed E-state index contributed by atoms with van der Waals surface area (Å²) in [7, 11) is 0. The molecule has 0 aliphatic carbocycles. The first-order valence-corrected chi connectivity index (χ1v) is 16.1. The van der Waals surface area contributed by atoms with Crippen LogP contribution in [0.2, 0.25) is 0 Å². The summed E-state index contributed by atoms with van der Waals surface area (Å²) < 4.78 is 8.93. The third-order valence-corrected chi connectivity index (χ3v) is 10.0. The van der Waals surface area contributed by atoms with E-state index in [1.807, 2.05) is 0 Å². The van der Waals surface area contributed by atoms with Gasteiger partial charge in [0, 0.05) is 47.6 Å². The summed E-state index contributed by atoms with van der Waals surface area (Å²) in [4.78, 5) is 15.2. The molecule has 0 N–H and O–H groups in total. The van der Waals surface area contributed by atoms with Gasteiger partial charge >= 0.3 is 0 Å². The van der Waals surface area contributed by atoms with E-state index in [9.17, 15) is 0 Å². The summed E-state index contributed by atoms with van der Waals surface area (Å²) in [6.45, 7) is 0. The molecule has 10 aromatic rings. The molecule has 0 aliphatic rings. The van der Waals surface area contributed by atoms with Crippen LogP contribution in [0, 0.1) is 0 Å². The minimum atomic E-state index is 0.607. The summed E-state index contributed by atoms with van der Waals surface area (Å²) in [5.74, 6) is 1.88. The largest absolute Gasteiger partial charge is 0.456 e. The Morgan fingerprint density at radius 1 is 0.370 bits per heavy atom. The first kappa shape index (κ1) is 25.4. The van der Waals surface area contributed by atoms with Crippen LogP contribution in [0.15, 0.2) is 144 Å². The molecule has 10 rings (SSSR count). The molecular weight excluding hydrogens is 583 g/mol. The molecule has 3 heterocycles. The fourth-order valence-corrected chi connectivity index (χ4v) is 7.64. The Labute approximate surface area is 267 Å². The first-order chi connectivity index (χ1) is 22.7. The lowest BCUT2D eigenvalue weighted by Crippen LogP contribution is -2.00. The van der Waals surface area contributed by atoms with E-state index in [1.54, 1.807) is 11.3 Å². The zero-order valence-electron chi connectivity index (χ0n) is 24.4. The summed E-state index contributed by atoms with van der Waals surface area (Å²) in [5, 5.41) is 9.31. The smallest absolute Gasteiger partial charge is 0.164 e. The third-order valence-electron chi connectivity index (χ3n) is 8.88. The van der Waals surface area contributed by atoms with Gasteiger partial charge in [0.25, 0.3) is 0 Å². The number of thiophene rings is 1. The topological polar surface area (TPSA) is 51.8 Å². The first-order valence-electron chi connectivity index (χ1n) is 15.3. The maximum Gasteiger partial charge on any atom is 0.164 e. The molecule has 3 aromatic heterocycles. The molecule has 7 aromatic carbocycles. The molecule has 0 unspecified atom stereocenters. The van der Waals surface area contributed by atoms with Gasteiger partial charge < -0.3 is 4.42 Å². The molecule has 46 heavy (non-hydrogen) atoms. The van der Waals surface area contributed by atoms with E-state index < -0.39 is 0 Å². The number of furan rings is 1. The van der Waals surface area contributed by atoms with Gasteiger partial charge in [0.2, 0.25) is 0 Å². The highest BCUT2D eigenvalue weighted by Gasteiger charge is 2.16. The van der Waals surface area contributed by atoms with Crippen molar-refractivity contribution in [2.75, 3.05) is 0 Å². The lowest BCUT2D eigenvalue weighted by Gasteiger charge is -2.09. The van der Waals surface area contributed by atoms with Crippen LogP contribution in [0.25, 0.3) is 97.8 Å². The Kier molecular flexibility index (Phi) is 5.41. The van der Waals surface area contributed by atoms with Crippen molar-refractivity contribution in [3.05, 3.63) is 140 Å². The van der Waals surface area contributed by atoms with Crippen molar-refractivity contribution in [2.24, 2.45) is 0 Å². The van der Waals surface area contributed by atoms with E-state index in [0.717, 1.165) is 49.4 Å². The number of aromatic nitrogens is 3. The van der Waals surface area contributed by atoms with Crippen LogP contribution < -0.4 is 0 Å². The molecule has 0 aliphatic heterocycles. The molecule has 0 saturated carbocycles. The van der Waals surface area contributed by atoms with Gasteiger partial charge in [0.05, 0.1) is 0 Å². The van der Waals surface area contributed by atoms with Gasteiger partial charge in [-0.2, -0.15) is 0 Å². The number of nitrogens with zero attached hydrogens (tertiary/aromatic N) is 3. The molecule has 0 atom stereocenters. The van der Waals surface area contributed by atoms with Crippen molar-refractivity contribution in [3.8, 4) is 34.2 Å². The second kappa shape index (κ2) is 9.80. The maximum atomic E-state index is 6.41. The number of hydrogen-bond donors (Lipinski definition) is 0. The Morgan fingerprint density at radius 3 is 1.74 bits per heavy atom. The van der Waals surface area contributed by atoms with Crippen molar-refractivity contribution in [1.82, 2.24) is 15.0 Å². The zero-order valence-corrected chi connectivity index (χ0v) is 25.3. The van der Waals surface area contributed by atoms with Crippen LogP contribution in [0.1, 0.15) is 0 Å². The van der Waals surface area contributed by atoms with E-state index in [-0.39, 0.29) is 0 Å². The summed E-state index contributed by atoms with van der Waals surface area (Å²) >= 11 is 1.81. The number of hydrogen-bond acceptors (Lipinski definition) is 5. The average Bonchev–Trinajstić information content (AvgIpc) is 3.67. The fourth-order valence-electron chi connectivity index (χ4n) is 6.56. The average molecular weight is 606 g/mol. The summed E-state index contributed by atoms with van der Waals surface area (Å²) in [6.07, 6.45) is 0. The van der Waals surface area contributed by atoms with E-state index in [1.165, 1.54) is 30.9 Å². The Bertz CT molecular complexity index is 2830. The number of rotatable bonds is 3. The van der Waals surface area contributed by atoms with Gasteiger partial charge in [0.15, 0.2) is 17.5 Å². The van der Waals surface area contributed by atoms with Gasteiger partial charge in [0.1, 0.15) is 11.2 Å². The minimum Gasteiger partial charge on any atom is -0.456 e. The third kappa shape index (κ3) is 4.03. The van der Waals surface area contributed by atoms with Gasteiger partial charge in [-0.3, -0.25) is 0 Å². The molecule has 5 heteroatoms. The molecule has 0 amide bonds. The minimum absolute atomic E-state index is 0.607. The van der Waals surface area contributed by atoms with Crippen LogP contribution in [0.5, 0.6) is 0 Å². The van der Waals surface area contributed by atoms with E-state index in [4.69, 9.17) is 19.4 Å². The highest BCUT2D eigenvalue weighted by atomic mass is 32.1. The van der Waals surface area contributed by atoms with Crippen LogP contribution in [0.4, 0.5) is 0 Å². The molecule has 4 nitrogen and oxygen atoms in total. The highest BCUT2D eigenvalue weighted by molar-refractivity contribution is 7.25. The number of benzene rings is 7. The predicted molar refractivity (Wildman–Crippen MR) is 191 cm³/mol. The molecule has 214 valence electrons. The molecule has 0 radical (unpaired) electrons. The Morgan fingerprint density at radius 2 is 0.935 bits per heavy atom. The fraction of sp³-hybridized carbons (Fsp3) is 0. The van der Waals surface area contributed by atoms with E-state index in [2.05, 4.69) is 140 Å². The normalized spacial score (nSPS) is 11.9. The molecule has 0 saturated heterocycles. The van der Waals surface area contributed by atoms with Gasteiger partial charge in [-0.15, -0.1) is 11.3 Å². The Balaban J connectivity index is 1.18. The standard InChI is InChI=1S/C41H23N3OS/c1-2-8-25-19-28(14-13-24(25)7-1)39-42-40(29-16-18-38-34(21-29)32-11-5-6-12-37(32)46-38)44-41(43-39)30-15-17-31-33-20-26-9-3-4-10-27(26)22-36(33)45-35(31)23-30/h1-23H. The number of fused-ring (bicyclic) bond motifs is 8. The summed E-state index contributed by atoms with van der Waals surface area (Å²) in [5.41, 5.74) is 4.46. The van der Waals surface area contributed by atoms with Crippen molar-refractivity contribution < 1.29 is 4.42 Å². The second-order valence-electron chi connectivity index (χ2n) is 11.7. The maximum absolute atomic E-state index is 6.41. The van der Waals surface area contributed by atoms with E-state index in [0.29, 0.717) is 17.5 Å². The van der Waals surface area contributed by atoms with Crippen LogP contribution in [-0.2, 0) is 0 Å². The molecule has 0 spiro atoms. The lowest BCUT2D eigenvalue weighted by molar-refractivity contribution is 0.669. The SMILES string of the molecule is c1ccc2cc(-c3nc(-c4ccc5c(c4)oc4cc6ccccc6cc45)nc(-c4ccc5sc6ccccc6c5c4)n3)ccc2c1. The van der Waals surface area contributed by atoms with Crippen LogP contribution >= 0.6 is 11.3 Å². The quantitative estimate of drug-likeness (QED) is 0.201. The van der Waals surface area contributed by atoms with E-state index >= 15 is 0 Å². The van der Waals surface area contributed by atoms with Gasteiger partial charge in [-0.05, 0) is 76.1 Å². The zero-order chi connectivity index (χ0) is 30.2. The van der Waals surface area contributed by atoms with Crippen molar-refractivity contribution >= 4 is 75.0 Å². The Hall–Kier alpha value is -5.91. The molecule has 0 fully saturated rings. The lowest BCUT2D eigenvalue weighted by atomic mass is 10.0. The van der Waals surface area contributed by atoms with Gasteiger partial charge in [-0.25, -0.2) is 15.0 Å². The molecule has 0 bridgehead atoms. The van der Waals surface area contributed by atoms with Gasteiger partial charge in [-0.1, -0.05) is 84.9 Å². The van der Waals surface area contributed by atoms with Crippen molar-refractivity contribution in [1.29, 1.82) is 0 Å². The van der Waals surface area contributed by atoms with Crippen molar-refractivity contribution in [3.63, 3.8) is 0 Å². The molecular formula is C41H23N3OS. The summed E-state index contributed by atoms with van der Waals surface area (Å²) in [6, 6.07) is 48.7. The van der Waals surface area contributed by atoms with Crippen LogP contribution in [0.3, 0.4) is 0 Å².